The van der Waals surface area contributed by atoms with Crippen LogP contribution in [0, 0.1) is 39.5 Å². The first-order valence-corrected chi connectivity index (χ1v) is 27.3. The molecule has 2 unspecified atom stereocenters. The second-order valence-electron chi connectivity index (χ2n) is 20.9. The van der Waals surface area contributed by atoms with Gasteiger partial charge in [-0.25, -0.2) is 0 Å². The molecule has 5 nitrogen and oxygen atoms in total. The molecular weight excluding hydrogens is 1050 g/mol. The normalized spacial score (nSPS) is 14.4. The van der Waals surface area contributed by atoms with E-state index >= 15 is 0 Å². The summed E-state index contributed by atoms with van der Waals surface area (Å²) in [6.07, 6.45) is 4.58. The Balaban J connectivity index is 0.000000410. The molecule has 2 atom stereocenters. The smallest absolute Gasteiger partial charge is 0.262 e. The molecule has 2 aliphatic carbocycles. The second kappa shape index (κ2) is 24.7. The van der Waals surface area contributed by atoms with E-state index in [1.165, 1.54) is 35.1 Å². The van der Waals surface area contributed by atoms with Crippen LogP contribution in [0.4, 0.5) is 0 Å². The second-order valence-corrected chi connectivity index (χ2v) is 20.9. The molecule has 1 heterocycles. The van der Waals surface area contributed by atoms with Crippen molar-refractivity contribution in [2.75, 3.05) is 13.2 Å². The van der Waals surface area contributed by atoms with Crippen molar-refractivity contribution in [3.8, 4) is 62.1 Å². The number of aromatic nitrogens is 1. The van der Waals surface area contributed by atoms with E-state index in [1.54, 1.807) is 0 Å². The van der Waals surface area contributed by atoms with Crippen molar-refractivity contribution >= 4 is 21.8 Å². The number of hydrogen-bond donors (Lipinski definition) is 2. The zero-order valence-electron chi connectivity index (χ0n) is 45.1. The Morgan fingerprint density at radius 2 is 0.810 bits per heavy atom. The van der Waals surface area contributed by atoms with Gasteiger partial charge in [-0.15, -0.1) is 24.3 Å². The molecule has 1 aromatic heterocycles. The van der Waals surface area contributed by atoms with Gasteiger partial charge in [0.05, 0.1) is 27.8 Å². The average molecular weight is 1110 g/mol. The largest absolute Gasteiger partial charge is 0.582 e. The molecule has 392 valence electrons. The van der Waals surface area contributed by atoms with Crippen LogP contribution in [0.1, 0.15) is 70.5 Å². The maximum atomic E-state index is 12.3. The van der Waals surface area contributed by atoms with E-state index in [0.29, 0.717) is 30.8 Å². The number of hydrogen-bond acceptors (Lipinski definition) is 2. The van der Waals surface area contributed by atoms with Crippen molar-refractivity contribution in [1.29, 1.82) is 0 Å². The molecule has 6 heteroatoms. The third-order valence-corrected chi connectivity index (χ3v) is 15.6. The van der Waals surface area contributed by atoms with Gasteiger partial charge >= 0.3 is 0 Å². The Labute approximate surface area is 484 Å². The van der Waals surface area contributed by atoms with Crippen LogP contribution in [0.3, 0.4) is 0 Å². The van der Waals surface area contributed by atoms with Crippen molar-refractivity contribution in [1.82, 2.24) is 4.57 Å². The van der Waals surface area contributed by atoms with Gasteiger partial charge in [-0.1, -0.05) is 140 Å². The van der Waals surface area contributed by atoms with E-state index in [4.69, 9.17) is 9.47 Å². The molecule has 1 fully saturated rings. The van der Waals surface area contributed by atoms with Crippen LogP contribution in [-0.2, 0) is 26.2 Å². The molecule has 1 saturated carbocycles. The molecule has 13 rings (SSSR count). The number of para-hydroxylation sites is 4. The Morgan fingerprint density at radius 3 is 1.28 bits per heavy atom. The Kier molecular flexibility index (Phi) is 16.9. The summed E-state index contributed by atoms with van der Waals surface area (Å²) in [5, 5.41) is 26.8. The van der Waals surface area contributed by atoms with E-state index in [-0.39, 0.29) is 37.9 Å². The number of aryl methyl sites for hydroxylation is 2. The molecule has 0 saturated heterocycles. The summed E-state index contributed by atoms with van der Waals surface area (Å²) >= 11 is 0. The summed E-state index contributed by atoms with van der Waals surface area (Å²) in [4.78, 5) is 0. The number of phenols is 2. The van der Waals surface area contributed by atoms with Gasteiger partial charge in [0, 0.05) is 83.6 Å². The van der Waals surface area contributed by atoms with E-state index < -0.39 is 0 Å². The molecular formula is C73H67NO4Zr. The van der Waals surface area contributed by atoms with Crippen LogP contribution in [0.15, 0.2) is 231 Å². The van der Waals surface area contributed by atoms with Gasteiger partial charge in [0.1, 0.15) is 11.5 Å². The number of phenolic OH excluding ortho intramolecular Hbond substituents is 2. The molecule has 0 spiro atoms. The van der Waals surface area contributed by atoms with E-state index in [1.807, 2.05) is 78.9 Å². The van der Waals surface area contributed by atoms with E-state index in [0.717, 1.165) is 102 Å². The maximum Gasteiger partial charge on any atom is 0.262 e. The number of fused-ring (bicyclic) bond motifs is 6. The maximum absolute atomic E-state index is 12.3. The first kappa shape index (κ1) is 54.2. The molecule has 79 heavy (non-hydrogen) atoms. The summed E-state index contributed by atoms with van der Waals surface area (Å²) in [6, 6.07) is 78.8. The minimum Gasteiger partial charge on any atom is -0.582 e. The molecule has 0 bridgehead atoms. The van der Waals surface area contributed by atoms with Crippen molar-refractivity contribution in [3.05, 3.63) is 283 Å². The minimum atomic E-state index is -0.0518. The number of benzene rings is 10. The zero-order chi connectivity index (χ0) is 53.5. The van der Waals surface area contributed by atoms with Gasteiger partial charge in [0.25, 0.3) is 11.5 Å². The SMILES string of the molecule is Cc1cc(-c2ccccc2[OH+]CC2CCCCC2C[OH+]c2ccccc2-c2cc(C)cc(-n3c4ccccc4c4ccccc43)c2O)c(O)c(C2c3ccccc3-c3ccccc32)c1.[CH2-]c1ccccc1.[CH2-]c1ccccc1.[Zr]. The number of aliphatic hydroxyl groups is 2. The zero-order valence-corrected chi connectivity index (χ0v) is 47.5. The predicted molar refractivity (Wildman–Crippen MR) is 324 cm³/mol. The molecule has 0 aliphatic heterocycles. The van der Waals surface area contributed by atoms with Gasteiger partial charge in [-0.3, -0.25) is 0 Å². The standard InChI is InChI=1S/C59H51NO4.2C7H7.Zr/c1-37-31-49(58(61)51(33-37)57-47-25-7-5-19-41(47)42-20-6-8-26-48(42)57)45-23-11-15-29-55(45)63-35-39-17-3-4-18-40(39)36-64-56-30-16-12-24-46(56)50-32-38(2)34-54(59(50)62)60-52-27-13-9-21-43(52)44-22-10-14-28-53(44)60;2*1-7-5-3-2-4-6-7;/h5-16,19-34,39-40,57,61-62H,3-4,17-18,35-36H2,1-2H3;2*2-6H,1H2;/q;2*-1;/p+2. The van der Waals surface area contributed by atoms with E-state index in [2.05, 4.69) is 184 Å². The van der Waals surface area contributed by atoms with Crippen LogP contribution in [0.2, 0.25) is 0 Å². The summed E-state index contributed by atoms with van der Waals surface area (Å²) in [5.41, 5.74) is 16.5. The average Bonchev–Trinajstić information content (AvgIpc) is 4.24. The molecule has 4 N–H and O–H groups in total. The first-order chi connectivity index (χ1) is 38.2. The fraction of sp³-hybridized carbons (Fsp3) is 0.151. The van der Waals surface area contributed by atoms with Crippen molar-refractivity contribution in [2.24, 2.45) is 11.8 Å². The quantitative estimate of drug-likeness (QED) is 0.106. The summed E-state index contributed by atoms with van der Waals surface area (Å²) < 4.78 is 12.9. The molecule has 0 radical (unpaired) electrons. The van der Waals surface area contributed by atoms with Gasteiger partial charge in [0.2, 0.25) is 0 Å². The Bertz CT molecular complexity index is 3730. The van der Waals surface area contributed by atoms with Crippen LogP contribution < -0.4 is 0 Å². The molecule has 11 aromatic rings. The number of rotatable bonds is 10. The van der Waals surface area contributed by atoms with Gasteiger partial charge in [-0.05, 0) is 103 Å². The summed E-state index contributed by atoms with van der Waals surface area (Å²) in [7, 11) is 0. The van der Waals surface area contributed by atoms with Crippen molar-refractivity contribution < 1.29 is 45.9 Å². The first-order valence-electron chi connectivity index (χ1n) is 27.3. The Hall–Kier alpha value is -8.18. The van der Waals surface area contributed by atoms with Crippen molar-refractivity contribution in [2.45, 2.75) is 45.4 Å². The van der Waals surface area contributed by atoms with Gasteiger partial charge in [0.15, 0.2) is 13.2 Å². The van der Waals surface area contributed by atoms with Gasteiger partial charge < -0.3 is 24.3 Å². The predicted octanol–water partition coefficient (Wildman–Crippen LogP) is 18.0. The fourth-order valence-electron chi connectivity index (χ4n) is 11.9. The van der Waals surface area contributed by atoms with Crippen LogP contribution in [0.5, 0.6) is 23.0 Å². The van der Waals surface area contributed by atoms with Crippen molar-refractivity contribution in [3.63, 3.8) is 0 Å². The van der Waals surface area contributed by atoms with E-state index in [9.17, 15) is 10.2 Å². The van der Waals surface area contributed by atoms with Crippen LogP contribution >= 0.6 is 0 Å². The van der Waals surface area contributed by atoms with Gasteiger partial charge in [-0.2, -0.15) is 49.2 Å². The fourth-order valence-corrected chi connectivity index (χ4v) is 11.9. The third kappa shape index (κ3) is 11.5. The molecule has 0 amide bonds. The van der Waals surface area contributed by atoms with Crippen LogP contribution in [-0.4, -0.2) is 37.5 Å². The molecule has 2 aliphatic rings. The van der Waals surface area contributed by atoms with Crippen LogP contribution in [0.25, 0.3) is 60.9 Å². The third-order valence-electron chi connectivity index (χ3n) is 15.6. The number of aromatic hydroxyl groups is 4. The Morgan fingerprint density at radius 1 is 0.418 bits per heavy atom. The monoisotopic (exact) mass is 1110 g/mol. The summed E-state index contributed by atoms with van der Waals surface area (Å²) in [5.74, 6) is 3.06. The number of ether oxygens (including phenoxy) is 2. The number of nitrogens with zero attached hydrogens (tertiary/aromatic N) is 1. The minimum absolute atomic E-state index is 0. The topological polar surface area (TPSA) is 71.0 Å². The molecule has 10 aromatic carbocycles. The summed E-state index contributed by atoms with van der Waals surface area (Å²) in [6.45, 7) is 13.1.